The normalized spacial score (nSPS) is 41.0. The molecule has 0 atom stereocenters. The second kappa shape index (κ2) is 3.84. The van der Waals surface area contributed by atoms with Crippen molar-refractivity contribution >= 4 is 5.82 Å². The van der Waals surface area contributed by atoms with Gasteiger partial charge in [-0.25, -0.2) is 0 Å². The Labute approximate surface area is 107 Å². The number of ether oxygens (including phenoxy) is 1. The zero-order valence-electron chi connectivity index (χ0n) is 10.5. The van der Waals surface area contributed by atoms with E-state index in [4.69, 9.17) is 10.5 Å². The van der Waals surface area contributed by atoms with E-state index < -0.39 is 0 Å². The van der Waals surface area contributed by atoms with Gasteiger partial charge in [0, 0.05) is 6.07 Å². The molecule has 4 fully saturated rings. The van der Waals surface area contributed by atoms with Crippen molar-refractivity contribution in [1.29, 1.82) is 0 Å². The molecule has 0 unspecified atom stereocenters. The maximum Gasteiger partial charge on any atom is 0.233 e. The highest BCUT2D eigenvalue weighted by Gasteiger charge is 2.49. The fourth-order valence-electron chi connectivity index (χ4n) is 4.60. The molecule has 0 aliphatic heterocycles. The van der Waals surface area contributed by atoms with Crippen LogP contribution in [0.2, 0.25) is 0 Å². The average Bonchev–Trinajstić information content (AvgIpc) is 2.35. The van der Waals surface area contributed by atoms with Crippen molar-refractivity contribution in [2.75, 3.05) is 5.73 Å². The third kappa shape index (κ3) is 1.66. The van der Waals surface area contributed by atoms with Gasteiger partial charge in [0.1, 0.15) is 11.9 Å². The molecular weight excluding hydrogens is 226 g/mol. The first kappa shape index (κ1) is 10.6. The Hall–Kier alpha value is -1.32. The molecule has 4 nitrogen and oxygen atoms in total. The van der Waals surface area contributed by atoms with Gasteiger partial charge in [-0.2, -0.15) is 0 Å². The Morgan fingerprint density at radius 3 is 2.17 bits per heavy atom. The summed E-state index contributed by atoms with van der Waals surface area (Å²) in [5.41, 5.74) is 5.55. The van der Waals surface area contributed by atoms with Crippen LogP contribution in [0, 0.1) is 23.7 Å². The molecule has 4 saturated carbocycles. The van der Waals surface area contributed by atoms with Gasteiger partial charge in [-0.3, -0.25) is 0 Å². The molecule has 1 aromatic heterocycles. The van der Waals surface area contributed by atoms with Crippen LogP contribution >= 0.6 is 0 Å². The summed E-state index contributed by atoms with van der Waals surface area (Å²) in [5.74, 6) is 4.55. The van der Waals surface area contributed by atoms with Gasteiger partial charge in [0.05, 0.1) is 0 Å². The van der Waals surface area contributed by atoms with Crippen molar-refractivity contribution in [3.05, 3.63) is 12.1 Å². The minimum Gasteiger partial charge on any atom is -0.473 e. The lowest BCUT2D eigenvalue weighted by Gasteiger charge is -2.53. The van der Waals surface area contributed by atoms with Crippen molar-refractivity contribution in [3.8, 4) is 5.88 Å². The van der Waals surface area contributed by atoms with E-state index in [0.29, 0.717) is 17.8 Å². The van der Waals surface area contributed by atoms with Gasteiger partial charge in [0.2, 0.25) is 5.88 Å². The SMILES string of the molecule is Nc1ccc(OC2C3CC4CC(C3)CC2C4)nn1. The van der Waals surface area contributed by atoms with Crippen LogP contribution in [0.4, 0.5) is 5.82 Å². The molecule has 1 aromatic rings. The summed E-state index contributed by atoms with van der Waals surface area (Å²) in [6, 6.07) is 3.60. The number of nitrogen functional groups attached to an aromatic ring is 1. The number of nitrogens with zero attached hydrogens (tertiary/aromatic N) is 2. The predicted octanol–water partition coefficient (Wildman–Crippen LogP) is 2.26. The molecule has 0 amide bonds. The predicted molar refractivity (Wildman–Crippen MR) is 67.9 cm³/mol. The summed E-state index contributed by atoms with van der Waals surface area (Å²) < 4.78 is 6.12. The topological polar surface area (TPSA) is 61.0 Å². The summed E-state index contributed by atoms with van der Waals surface area (Å²) >= 11 is 0. The Morgan fingerprint density at radius 1 is 0.944 bits per heavy atom. The molecule has 0 spiro atoms. The Balaban J connectivity index is 1.53. The number of nitrogens with two attached hydrogens (primary N) is 1. The van der Waals surface area contributed by atoms with Gasteiger partial charge < -0.3 is 10.5 Å². The van der Waals surface area contributed by atoms with Crippen LogP contribution in [0.15, 0.2) is 12.1 Å². The lowest BCUT2D eigenvalue weighted by atomic mass is 9.55. The summed E-state index contributed by atoms with van der Waals surface area (Å²) in [5, 5.41) is 7.90. The molecular formula is C14H19N3O. The first-order chi connectivity index (χ1) is 8.78. The lowest BCUT2D eigenvalue weighted by molar-refractivity contribution is -0.0807. The molecule has 2 N–H and O–H groups in total. The quantitative estimate of drug-likeness (QED) is 0.868. The first-order valence-corrected chi connectivity index (χ1v) is 7.04. The second-order valence-corrected chi connectivity index (χ2v) is 6.31. The van der Waals surface area contributed by atoms with E-state index >= 15 is 0 Å². The van der Waals surface area contributed by atoms with Crippen molar-refractivity contribution in [2.24, 2.45) is 23.7 Å². The van der Waals surface area contributed by atoms with Crippen LogP contribution in [-0.4, -0.2) is 16.3 Å². The Morgan fingerprint density at radius 2 is 1.61 bits per heavy atom. The fourth-order valence-corrected chi connectivity index (χ4v) is 4.60. The zero-order chi connectivity index (χ0) is 12.1. The summed E-state index contributed by atoms with van der Waals surface area (Å²) in [4.78, 5) is 0. The van der Waals surface area contributed by atoms with Crippen LogP contribution in [0.3, 0.4) is 0 Å². The van der Waals surface area contributed by atoms with E-state index in [2.05, 4.69) is 10.2 Å². The number of hydrogen-bond acceptors (Lipinski definition) is 4. The van der Waals surface area contributed by atoms with E-state index in [0.717, 1.165) is 23.7 Å². The van der Waals surface area contributed by atoms with Crippen LogP contribution in [-0.2, 0) is 0 Å². The number of anilines is 1. The van der Waals surface area contributed by atoms with Gasteiger partial charge in [-0.1, -0.05) is 0 Å². The maximum atomic E-state index is 6.12. The monoisotopic (exact) mass is 245 g/mol. The zero-order valence-corrected chi connectivity index (χ0v) is 10.5. The van der Waals surface area contributed by atoms with E-state index in [9.17, 15) is 0 Å². The minimum absolute atomic E-state index is 0.371. The van der Waals surface area contributed by atoms with Gasteiger partial charge in [-0.05, 0) is 61.8 Å². The van der Waals surface area contributed by atoms with E-state index in [1.807, 2.05) is 6.07 Å². The number of hydrogen-bond donors (Lipinski definition) is 1. The smallest absolute Gasteiger partial charge is 0.233 e. The van der Waals surface area contributed by atoms with Gasteiger partial charge in [0.15, 0.2) is 0 Å². The molecule has 4 bridgehead atoms. The van der Waals surface area contributed by atoms with E-state index in [1.165, 1.54) is 32.1 Å². The molecule has 0 aromatic carbocycles. The van der Waals surface area contributed by atoms with Crippen LogP contribution in [0.5, 0.6) is 5.88 Å². The first-order valence-electron chi connectivity index (χ1n) is 7.04. The van der Waals surface area contributed by atoms with Crippen LogP contribution in [0.25, 0.3) is 0 Å². The van der Waals surface area contributed by atoms with Crippen LogP contribution < -0.4 is 10.5 Å². The van der Waals surface area contributed by atoms with E-state index in [-0.39, 0.29) is 0 Å². The van der Waals surface area contributed by atoms with Crippen molar-refractivity contribution in [2.45, 2.75) is 38.2 Å². The molecule has 0 radical (unpaired) electrons. The molecule has 0 saturated heterocycles. The lowest BCUT2D eigenvalue weighted by Crippen LogP contribution is -2.50. The number of rotatable bonds is 2. The Kier molecular flexibility index (Phi) is 2.26. The number of aromatic nitrogens is 2. The highest BCUT2D eigenvalue weighted by molar-refractivity contribution is 5.27. The van der Waals surface area contributed by atoms with Crippen molar-refractivity contribution in [1.82, 2.24) is 10.2 Å². The largest absolute Gasteiger partial charge is 0.473 e. The molecule has 5 rings (SSSR count). The minimum atomic E-state index is 0.371. The molecule has 4 aliphatic carbocycles. The standard InChI is InChI=1S/C14H19N3O/c15-12-1-2-13(17-16-12)18-14-10-4-8-3-9(6-10)7-11(14)5-8/h1-2,8-11,14H,3-7H2,(H2,15,16). The summed E-state index contributed by atoms with van der Waals surface area (Å²) in [6.45, 7) is 0. The highest BCUT2D eigenvalue weighted by atomic mass is 16.5. The summed E-state index contributed by atoms with van der Waals surface area (Å²) in [6.07, 6.45) is 7.29. The maximum absolute atomic E-state index is 6.12. The van der Waals surface area contributed by atoms with Gasteiger partial charge in [0.25, 0.3) is 0 Å². The van der Waals surface area contributed by atoms with E-state index in [1.54, 1.807) is 6.07 Å². The Bertz CT molecular complexity index is 417. The van der Waals surface area contributed by atoms with Crippen molar-refractivity contribution < 1.29 is 4.74 Å². The molecule has 1 heterocycles. The second-order valence-electron chi connectivity index (χ2n) is 6.31. The highest BCUT2D eigenvalue weighted by Crippen LogP contribution is 2.54. The fraction of sp³-hybridized carbons (Fsp3) is 0.714. The van der Waals surface area contributed by atoms with Crippen molar-refractivity contribution in [3.63, 3.8) is 0 Å². The third-order valence-corrected chi connectivity index (χ3v) is 5.06. The third-order valence-electron chi connectivity index (χ3n) is 5.06. The average molecular weight is 245 g/mol. The summed E-state index contributed by atoms with van der Waals surface area (Å²) in [7, 11) is 0. The van der Waals surface area contributed by atoms with Crippen LogP contribution in [0.1, 0.15) is 32.1 Å². The van der Waals surface area contributed by atoms with Gasteiger partial charge >= 0.3 is 0 Å². The molecule has 18 heavy (non-hydrogen) atoms. The molecule has 96 valence electrons. The molecule has 4 aliphatic rings. The molecule has 4 heteroatoms. The van der Waals surface area contributed by atoms with Gasteiger partial charge in [-0.15, -0.1) is 10.2 Å².